The van der Waals surface area contributed by atoms with Crippen molar-refractivity contribution in [1.29, 1.82) is 0 Å². The Morgan fingerprint density at radius 2 is 2.18 bits per heavy atom. The summed E-state index contributed by atoms with van der Waals surface area (Å²) in [4.78, 5) is 26.1. The van der Waals surface area contributed by atoms with E-state index in [1.54, 1.807) is 12.0 Å². The quantitative estimate of drug-likeness (QED) is 0.703. The van der Waals surface area contributed by atoms with Gasteiger partial charge in [0.05, 0.1) is 19.1 Å². The Kier molecular flexibility index (Phi) is 6.36. The molecule has 0 aromatic heterocycles. The van der Waals surface area contributed by atoms with Crippen molar-refractivity contribution in [3.63, 3.8) is 0 Å². The molecule has 1 aliphatic heterocycles. The van der Waals surface area contributed by atoms with Gasteiger partial charge in [0.1, 0.15) is 0 Å². The van der Waals surface area contributed by atoms with Gasteiger partial charge in [-0.2, -0.15) is 0 Å². The van der Waals surface area contributed by atoms with Crippen molar-refractivity contribution in [2.24, 2.45) is 0 Å². The average molecular weight is 305 g/mol. The average Bonchev–Trinajstić information content (AvgIpc) is 2.52. The smallest absolute Gasteiger partial charge is 0.240 e. The van der Waals surface area contributed by atoms with E-state index in [2.05, 4.69) is 10.6 Å². The van der Waals surface area contributed by atoms with Crippen LogP contribution in [-0.2, 0) is 20.9 Å². The molecule has 1 aromatic carbocycles. The molecule has 1 aromatic rings. The van der Waals surface area contributed by atoms with Gasteiger partial charge in [-0.1, -0.05) is 30.3 Å². The molecule has 1 saturated heterocycles. The molecular weight excluding hydrogens is 282 g/mol. The molecule has 120 valence electrons. The first-order chi connectivity index (χ1) is 10.7. The Balaban J connectivity index is 1.85. The number of amides is 2. The number of nitrogens with one attached hydrogen (secondary N) is 2. The molecule has 2 amide bonds. The predicted octanol–water partition coefficient (Wildman–Crippen LogP) is 0.140. The summed E-state index contributed by atoms with van der Waals surface area (Å²) in [5.74, 6) is -0.151. The van der Waals surface area contributed by atoms with Crippen LogP contribution in [0, 0.1) is 0 Å². The summed E-state index contributed by atoms with van der Waals surface area (Å²) in [5.41, 5.74) is 1.10. The maximum Gasteiger partial charge on any atom is 0.240 e. The lowest BCUT2D eigenvalue weighted by Crippen LogP contribution is -2.55. The van der Waals surface area contributed by atoms with Crippen LogP contribution < -0.4 is 10.6 Å². The van der Waals surface area contributed by atoms with E-state index in [0.29, 0.717) is 32.8 Å². The third-order valence-corrected chi connectivity index (χ3v) is 3.62. The number of nitrogens with zero attached hydrogens (tertiary/aromatic N) is 1. The number of piperazine rings is 1. The maximum atomic E-state index is 12.5. The molecule has 1 heterocycles. The molecule has 2 rings (SSSR count). The Morgan fingerprint density at radius 1 is 1.41 bits per heavy atom. The lowest BCUT2D eigenvalue weighted by atomic mass is 10.1. The van der Waals surface area contributed by atoms with Gasteiger partial charge in [-0.25, -0.2) is 0 Å². The Hall–Kier alpha value is -1.92. The van der Waals surface area contributed by atoms with Crippen LogP contribution in [0.3, 0.4) is 0 Å². The molecule has 0 spiro atoms. The first-order valence-electron chi connectivity index (χ1n) is 7.52. The molecule has 0 aliphatic carbocycles. The molecule has 6 heteroatoms. The van der Waals surface area contributed by atoms with Crippen molar-refractivity contribution in [3.05, 3.63) is 35.9 Å². The first kappa shape index (κ1) is 16.5. The summed E-state index contributed by atoms with van der Waals surface area (Å²) in [6.45, 7) is 2.88. The Morgan fingerprint density at radius 3 is 2.91 bits per heavy atom. The number of carbonyl (C=O) groups is 2. The second-order valence-electron chi connectivity index (χ2n) is 5.30. The zero-order valence-corrected chi connectivity index (χ0v) is 12.9. The van der Waals surface area contributed by atoms with Crippen LogP contribution in [-0.4, -0.2) is 56.1 Å². The zero-order chi connectivity index (χ0) is 15.8. The summed E-state index contributed by atoms with van der Waals surface area (Å²) in [6, 6.07) is 9.44. The van der Waals surface area contributed by atoms with E-state index in [1.807, 2.05) is 30.3 Å². The largest absolute Gasteiger partial charge is 0.383 e. The summed E-state index contributed by atoms with van der Waals surface area (Å²) >= 11 is 0. The van der Waals surface area contributed by atoms with Gasteiger partial charge in [0.15, 0.2) is 0 Å². The van der Waals surface area contributed by atoms with E-state index in [4.69, 9.17) is 4.74 Å². The lowest BCUT2D eigenvalue weighted by molar-refractivity contribution is -0.138. The molecule has 6 nitrogen and oxygen atoms in total. The number of rotatable bonds is 7. The fraction of sp³-hybridized carbons (Fsp3) is 0.500. The normalized spacial score (nSPS) is 18.3. The molecule has 0 radical (unpaired) electrons. The first-order valence-corrected chi connectivity index (χ1v) is 7.52. The van der Waals surface area contributed by atoms with E-state index in [0.717, 1.165) is 5.56 Å². The summed E-state index contributed by atoms with van der Waals surface area (Å²) in [5, 5.41) is 5.86. The van der Waals surface area contributed by atoms with Gasteiger partial charge in [-0.3, -0.25) is 9.59 Å². The highest BCUT2D eigenvalue weighted by atomic mass is 16.5. The van der Waals surface area contributed by atoms with Crippen LogP contribution in [0.2, 0.25) is 0 Å². The molecule has 1 fully saturated rings. The fourth-order valence-electron chi connectivity index (χ4n) is 2.46. The van der Waals surface area contributed by atoms with Gasteiger partial charge in [0, 0.05) is 33.3 Å². The van der Waals surface area contributed by atoms with E-state index in [1.165, 1.54) is 0 Å². The van der Waals surface area contributed by atoms with Crippen LogP contribution in [0.25, 0.3) is 0 Å². The van der Waals surface area contributed by atoms with Crippen LogP contribution in [0.5, 0.6) is 0 Å². The van der Waals surface area contributed by atoms with Gasteiger partial charge < -0.3 is 20.3 Å². The monoisotopic (exact) mass is 305 g/mol. The van der Waals surface area contributed by atoms with Gasteiger partial charge in [0.2, 0.25) is 11.8 Å². The van der Waals surface area contributed by atoms with E-state index >= 15 is 0 Å². The topological polar surface area (TPSA) is 70.7 Å². The highest BCUT2D eigenvalue weighted by Crippen LogP contribution is 2.10. The molecule has 2 N–H and O–H groups in total. The van der Waals surface area contributed by atoms with Gasteiger partial charge in [-0.05, 0) is 5.56 Å². The highest BCUT2D eigenvalue weighted by molar-refractivity contribution is 5.88. The lowest BCUT2D eigenvalue weighted by Gasteiger charge is -2.33. The van der Waals surface area contributed by atoms with Crippen molar-refractivity contribution in [3.8, 4) is 0 Å². The van der Waals surface area contributed by atoms with E-state index in [-0.39, 0.29) is 18.2 Å². The van der Waals surface area contributed by atoms with Crippen LogP contribution in [0.1, 0.15) is 12.0 Å². The fourth-order valence-corrected chi connectivity index (χ4v) is 2.46. The molecule has 0 saturated carbocycles. The number of benzene rings is 1. The van der Waals surface area contributed by atoms with Crippen LogP contribution in [0.15, 0.2) is 30.3 Å². The minimum absolute atomic E-state index is 0.0167. The minimum atomic E-state index is -0.444. The van der Waals surface area contributed by atoms with E-state index < -0.39 is 6.04 Å². The SMILES string of the molecule is COCCNC(=O)CC1NCCN(Cc2ccccc2)C1=O. The Labute approximate surface area is 130 Å². The van der Waals surface area contributed by atoms with Crippen LogP contribution >= 0.6 is 0 Å². The number of ether oxygens (including phenoxy) is 1. The number of methoxy groups -OCH3 is 1. The highest BCUT2D eigenvalue weighted by Gasteiger charge is 2.29. The van der Waals surface area contributed by atoms with Crippen molar-refractivity contribution in [2.75, 3.05) is 33.4 Å². The van der Waals surface area contributed by atoms with Gasteiger partial charge in [-0.15, -0.1) is 0 Å². The van der Waals surface area contributed by atoms with Crippen molar-refractivity contribution < 1.29 is 14.3 Å². The van der Waals surface area contributed by atoms with Crippen molar-refractivity contribution >= 4 is 11.8 Å². The molecule has 22 heavy (non-hydrogen) atoms. The second kappa shape index (κ2) is 8.51. The third kappa shape index (κ3) is 4.82. The van der Waals surface area contributed by atoms with Crippen LogP contribution in [0.4, 0.5) is 0 Å². The second-order valence-corrected chi connectivity index (χ2v) is 5.30. The number of carbonyl (C=O) groups excluding carboxylic acids is 2. The molecule has 1 atom stereocenters. The summed E-state index contributed by atoms with van der Waals surface area (Å²) in [6.07, 6.45) is 0.161. The molecule has 0 bridgehead atoms. The van der Waals surface area contributed by atoms with E-state index in [9.17, 15) is 9.59 Å². The van der Waals surface area contributed by atoms with Gasteiger partial charge >= 0.3 is 0 Å². The molecule has 1 aliphatic rings. The summed E-state index contributed by atoms with van der Waals surface area (Å²) < 4.78 is 4.88. The number of hydrogen-bond acceptors (Lipinski definition) is 4. The van der Waals surface area contributed by atoms with Crippen molar-refractivity contribution in [1.82, 2.24) is 15.5 Å². The standard InChI is InChI=1S/C16H23N3O3/c1-22-10-8-18-15(20)11-14-16(21)19(9-7-17-14)12-13-5-3-2-4-6-13/h2-6,14,17H,7-12H2,1H3,(H,18,20). The minimum Gasteiger partial charge on any atom is -0.383 e. The molecule has 1 unspecified atom stereocenters. The summed E-state index contributed by atoms with van der Waals surface area (Å²) in [7, 11) is 1.58. The Bertz CT molecular complexity index is 493. The van der Waals surface area contributed by atoms with Crippen molar-refractivity contribution in [2.45, 2.75) is 19.0 Å². The maximum absolute atomic E-state index is 12.5. The zero-order valence-electron chi connectivity index (χ0n) is 12.9. The third-order valence-electron chi connectivity index (χ3n) is 3.62. The predicted molar refractivity (Wildman–Crippen MR) is 83.2 cm³/mol. The van der Waals surface area contributed by atoms with Gasteiger partial charge in [0.25, 0.3) is 0 Å². The number of hydrogen-bond donors (Lipinski definition) is 2. The molecular formula is C16H23N3O3.